The Balaban J connectivity index is 1.63. The van der Waals surface area contributed by atoms with Gasteiger partial charge in [-0.3, -0.25) is 19.2 Å². The zero-order valence-electron chi connectivity index (χ0n) is 27.4. The number of ether oxygens (including phenoxy) is 5. The van der Waals surface area contributed by atoms with Gasteiger partial charge in [0, 0.05) is 47.3 Å². The maximum Gasteiger partial charge on any atom is 0.310 e. The van der Waals surface area contributed by atoms with Crippen molar-refractivity contribution in [3.05, 3.63) is 24.2 Å². The minimum atomic E-state index is -1.11. The van der Waals surface area contributed by atoms with E-state index in [1.165, 1.54) is 6.92 Å². The van der Waals surface area contributed by atoms with E-state index in [9.17, 15) is 24.3 Å². The van der Waals surface area contributed by atoms with Crippen LogP contribution < -0.4 is 0 Å². The Kier molecular flexibility index (Phi) is 7.33. The maximum absolute atomic E-state index is 13.6. The van der Waals surface area contributed by atoms with Crippen molar-refractivity contribution in [2.45, 2.75) is 129 Å². The molecule has 12 atom stereocenters. The van der Waals surface area contributed by atoms with Crippen LogP contribution in [0.3, 0.4) is 0 Å². The highest BCUT2D eigenvalue weighted by atomic mass is 16.6. The Morgan fingerprint density at radius 1 is 1.11 bits per heavy atom. The molecule has 5 fully saturated rings. The Hall–Kier alpha value is -2.92. The molecule has 0 aromatic carbocycles. The number of aliphatic hydroxyl groups excluding tert-OH is 1. The maximum atomic E-state index is 13.6. The second kappa shape index (κ2) is 10.3. The lowest BCUT2D eigenvalue weighted by Gasteiger charge is -2.69. The topological polar surface area (TPSA) is 151 Å². The van der Waals surface area contributed by atoms with Crippen molar-refractivity contribution < 1.29 is 52.4 Å². The molecular weight excluding hydrogens is 584 g/mol. The van der Waals surface area contributed by atoms with Crippen molar-refractivity contribution in [1.29, 1.82) is 0 Å². The number of rotatable bonds is 7. The summed E-state index contributed by atoms with van der Waals surface area (Å²) in [5.74, 6) is -3.10. The summed E-state index contributed by atoms with van der Waals surface area (Å²) in [5, 5.41) is 12.4. The summed E-state index contributed by atoms with van der Waals surface area (Å²) in [5.41, 5.74) is -4.39. The highest BCUT2D eigenvalue weighted by molar-refractivity contribution is 5.73. The van der Waals surface area contributed by atoms with Crippen molar-refractivity contribution in [3.63, 3.8) is 0 Å². The van der Waals surface area contributed by atoms with Crippen molar-refractivity contribution >= 4 is 24.4 Å². The highest BCUT2D eigenvalue weighted by Gasteiger charge is 2.92. The van der Waals surface area contributed by atoms with E-state index in [0.29, 0.717) is 12.9 Å². The third-order valence-corrected chi connectivity index (χ3v) is 12.5. The first-order chi connectivity index (χ1) is 21.0. The SMILES string of the molecule is CC(=O)O[C@H]1CC(=O)OC(C)(C)[C@@H]2C[C@@H](O)[C@]3(C)[C@H]([C@@H](OC=O)[C@H](OC(=O)CC(C)C)[C@@]4(C)[C@H](c5ccoc5)C[C@H]5O[C@@]534)[C@@]12C. The van der Waals surface area contributed by atoms with Crippen molar-refractivity contribution in [2.24, 2.45) is 34.0 Å². The zero-order chi connectivity index (χ0) is 32.9. The first-order valence-corrected chi connectivity index (χ1v) is 16.1. The zero-order valence-corrected chi connectivity index (χ0v) is 27.4. The fraction of sp³-hybridized carbons (Fsp3) is 0.765. The number of carbonyl (C=O) groups excluding carboxylic acids is 4. The van der Waals surface area contributed by atoms with E-state index in [2.05, 4.69) is 0 Å². The van der Waals surface area contributed by atoms with Gasteiger partial charge in [-0.15, -0.1) is 0 Å². The Morgan fingerprint density at radius 3 is 2.42 bits per heavy atom. The van der Waals surface area contributed by atoms with Gasteiger partial charge in [-0.25, -0.2) is 0 Å². The third-order valence-electron chi connectivity index (χ3n) is 12.5. The lowest BCUT2D eigenvalue weighted by molar-refractivity contribution is -0.313. The predicted molar refractivity (Wildman–Crippen MR) is 156 cm³/mol. The summed E-state index contributed by atoms with van der Waals surface area (Å²) in [6, 6.07) is 1.88. The van der Waals surface area contributed by atoms with Crippen LogP contribution in [-0.2, 0) is 42.9 Å². The van der Waals surface area contributed by atoms with Crippen LogP contribution in [0.1, 0.15) is 92.6 Å². The Bertz CT molecular complexity index is 1370. The molecule has 1 N–H and O–H groups in total. The number of aliphatic hydroxyl groups is 1. The first-order valence-electron chi connectivity index (χ1n) is 16.1. The number of carbonyl (C=O) groups is 4. The smallest absolute Gasteiger partial charge is 0.310 e. The Labute approximate surface area is 263 Å². The van der Waals surface area contributed by atoms with Gasteiger partial charge < -0.3 is 33.2 Å². The normalized spacial score (nSPS) is 46.0. The second-order valence-corrected chi connectivity index (χ2v) is 15.5. The van der Waals surface area contributed by atoms with E-state index in [-0.39, 0.29) is 37.2 Å². The summed E-state index contributed by atoms with van der Waals surface area (Å²) in [6.45, 7) is 15.0. The molecule has 248 valence electrons. The van der Waals surface area contributed by atoms with Crippen LogP contribution in [-0.4, -0.2) is 71.2 Å². The standard InChI is InChI=1S/C34H46O11/c1-17(2)11-25(38)43-29-27(41-16-35)28-31(6)21(30(4,5)45-26(39)14-23(31)42-18(3)36)13-22(37)33(28,8)34-24(44-34)12-20(32(29,34)7)19-9-10-40-15-19/h9-10,15-17,20-24,27-29,37H,11-14H2,1-8H3/t20-,21-,22+,23-,24+,27+,28+,29-,31+,32+,33+,34+/m0/s1. The van der Waals surface area contributed by atoms with Gasteiger partial charge in [-0.1, -0.05) is 34.6 Å². The molecule has 45 heavy (non-hydrogen) atoms. The van der Waals surface area contributed by atoms with Crippen LogP contribution in [0.25, 0.3) is 0 Å². The van der Waals surface area contributed by atoms with Crippen LogP contribution in [0, 0.1) is 34.0 Å². The molecule has 2 aliphatic heterocycles. The fourth-order valence-electron chi connectivity index (χ4n) is 11.0. The molecule has 5 aliphatic rings. The molecule has 3 aliphatic carbocycles. The monoisotopic (exact) mass is 630 g/mol. The van der Waals surface area contributed by atoms with Crippen LogP contribution >= 0.6 is 0 Å². The summed E-state index contributed by atoms with van der Waals surface area (Å²) in [7, 11) is 0. The van der Waals surface area contributed by atoms with Crippen LogP contribution in [0.4, 0.5) is 0 Å². The highest BCUT2D eigenvalue weighted by Crippen LogP contribution is 2.82. The van der Waals surface area contributed by atoms with Gasteiger partial charge in [0.05, 0.1) is 31.2 Å². The molecular formula is C34H46O11. The largest absolute Gasteiger partial charge is 0.472 e. The molecule has 3 saturated carbocycles. The fourth-order valence-corrected chi connectivity index (χ4v) is 11.0. The van der Waals surface area contributed by atoms with Crippen LogP contribution in [0.15, 0.2) is 23.0 Å². The number of cyclic esters (lactones) is 1. The third kappa shape index (κ3) is 4.14. The molecule has 3 heterocycles. The molecule has 1 aromatic rings. The molecule has 2 saturated heterocycles. The molecule has 6 rings (SSSR count). The molecule has 11 heteroatoms. The first kappa shape index (κ1) is 32.0. The molecule has 0 unspecified atom stereocenters. The second-order valence-electron chi connectivity index (χ2n) is 15.5. The minimum Gasteiger partial charge on any atom is -0.472 e. The average Bonchev–Trinajstić information content (AvgIpc) is 3.30. The number of fused-ring (bicyclic) bond motifs is 3. The van der Waals surface area contributed by atoms with Crippen LogP contribution in [0.2, 0.25) is 0 Å². The summed E-state index contributed by atoms with van der Waals surface area (Å²) < 4.78 is 36.7. The molecule has 0 amide bonds. The number of hydrogen-bond donors (Lipinski definition) is 1. The van der Waals surface area contributed by atoms with E-state index in [4.69, 9.17) is 28.1 Å². The number of furan rings is 1. The average molecular weight is 631 g/mol. The van der Waals surface area contributed by atoms with E-state index >= 15 is 0 Å². The number of hydrogen-bond acceptors (Lipinski definition) is 11. The van der Waals surface area contributed by atoms with Gasteiger partial charge >= 0.3 is 17.9 Å². The predicted octanol–water partition coefficient (Wildman–Crippen LogP) is 4.09. The van der Waals surface area contributed by atoms with E-state index in [0.717, 1.165) is 5.56 Å². The van der Waals surface area contributed by atoms with Gasteiger partial charge in [0.1, 0.15) is 29.5 Å². The van der Waals surface area contributed by atoms with Crippen molar-refractivity contribution in [1.82, 2.24) is 0 Å². The van der Waals surface area contributed by atoms with Crippen LogP contribution in [0.5, 0.6) is 0 Å². The van der Waals surface area contributed by atoms with Crippen molar-refractivity contribution in [2.75, 3.05) is 0 Å². The van der Waals surface area contributed by atoms with Gasteiger partial charge in [0.25, 0.3) is 6.47 Å². The lowest BCUT2D eigenvalue weighted by Crippen LogP contribution is -2.78. The summed E-state index contributed by atoms with van der Waals surface area (Å²) >= 11 is 0. The van der Waals surface area contributed by atoms with E-state index in [1.54, 1.807) is 26.4 Å². The van der Waals surface area contributed by atoms with Gasteiger partial charge in [0.2, 0.25) is 0 Å². The molecule has 0 bridgehead atoms. The summed E-state index contributed by atoms with van der Waals surface area (Å²) in [6.07, 6.45) is -0.449. The van der Waals surface area contributed by atoms with Gasteiger partial charge in [0.15, 0.2) is 0 Å². The van der Waals surface area contributed by atoms with E-state index in [1.807, 2.05) is 40.7 Å². The molecule has 0 radical (unpaired) electrons. The molecule has 11 nitrogen and oxygen atoms in total. The number of epoxide rings is 1. The molecule has 1 spiro atoms. The van der Waals surface area contributed by atoms with E-state index < -0.39 is 81.6 Å². The van der Waals surface area contributed by atoms with Gasteiger partial charge in [-0.2, -0.15) is 0 Å². The lowest BCUT2D eigenvalue weighted by atomic mass is 9.36. The summed E-state index contributed by atoms with van der Waals surface area (Å²) in [4.78, 5) is 51.9. The number of esters is 3. The Morgan fingerprint density at radius 2 is 1.82 bits per heavy atom. The molecule has 1 aromatic heterocycles. The minimum absolute atomic E-state index is 0.00861. The quantitative estimate of drug-likeness (QED) is 0.201. The van der Waals surface area contributed by atoms with Crippen molar-refractivity contribution in [3.8, 4) is 0 Å². The van der Waals surface area contributed by atoms with Gasteiger partial charge in [-0.05, 0) is 44.2 Å².